The van der Waals surface area contributed by atoms with Gasteiger partial charge in [-0.3, -0.25) is 0 Å². The molecule has 0 amide bonds. The van der Waals surface area contributed by atoms with Gasteiger partial charge in [-0.1, -0.05) is 6.07 Å². The first-order valence-electron chi connectivity index (χ1n) is 5.92. The molecule has 8 nitrogen and oxygen atoms in total. The van der Waals surface area contributed by atoms with E-state index in [0.29, 0.717) is 5.69 Å². The van der Waals surface area contributed by atoms with Crippen molar-refractivity contribution >= 4 is 21.7 Å². The lowest BCUT2D eigenvalue weighted by Crippen LogP contribution is -2.14. The Hall–Kier alpha value is -2.83. The summed E-state index contributed by atoms with van der Waals surface area (Å²) in [5, 5.41) is 14.1. The quantitative estimate of drug-likeness (QED) is 0.782. The lowest BCUT2D eigenvalue weighted by molar-refractivity contribution is 0.0593. The highest BCUT2D eigenvalue weighted by molar-refractivity contribution is 7.89. The van der Waals surface area contributed by atoms with Crippen molar-refractivity contribution < 1.29 is 17.9 Å². The van der Waals surface area contributed by atoms with Crippen molar-refractivity contribution in [3.63, 3.8) is 0 Å². The molecule has 2 aromatic rings. The summed E-state index contributed by atoms with van der Waals surface area (Å²) < 4.78 is 28.8. The molecule has 9 heteroatoms. The molecule has 2 rings (SSSR count). The van der Waals surface area contributed by atoms with E-state index >= 15 is 0 Å². The number of hydrogen-bond acceptors (Lipinski definition) is 6. The summed E-state index contributed by atoms with van der Waals surface area (Å²) in [5.41, 5.74) is 6.03. The largest absolute Gasteiger partial charge is 0.464 e. The van der Waals surface area contributed by atoms with E-state index in [1.165, 1.54) is 36.1 Å². The van der Waals surface area contributed by atoms with Gasteiger partial charge in [-0.25, -0.2) is 18.4 Å². The first-order chi connectivity index (χ1) is 10.3. The van der Waals surface area contributed by atoms with E-state index in [4.69, 9.17) is 16.1 Å². The minimum Gasteiger partial charge on any atom is -0.464 e. The number of nitrogens with two attached hydrogens (primary N) is 2. The summed E-state index contributed by atoms with van der Waals surface area (Å²) in [6.07, 6.45) is 1.32. The fourth-order valence-electron chi connectivity index (χ4n) is 1.93. The second-order valence-electron chi connectivity index (χ2n) is 4.32. The van der Waals surface area contributed by atoms with Crippen LogP contribution in [-0.4, -0.2) is 26.1 Å². The van der Waals surface area contributed by atoms with Crippen molar-refractivity contribution in [2.24, 2.45) is 5.14 Å². The maximum Gasteiger partial charge on any atom is 0.357 e. The van der Waals surface area contributed by atoms with E-state index < -0.39 is 16.0 Å². The summed E-state index contributed by atoms with van der Waals surface area (Å²) >= 11 is 0. The first kappa shape index (κ1) is 15.6. The molecule has 0 bridgehead atoms. The second-order valence-corrected chi connectivity index (χ2v) is 5.88. The van der Waals surface area contributed by atoms with Crippen LogP contribution in [0.2, 0.25) is 0 Å². The fourth-order valence-corrected chi connectivity index (χ4v) is 2.48. The Balaban J connectivity index is 2.73. The maximum absolute atomic E-state index is 11.9. The zero-order chi connectivity index (χ0) is 16.5. The molecular weight excluding hydrogens is 308 g/mol. The van der Waals surface area contributed by atoms with E-state index in [1.54, 1.807) is 6.07 Å². The highest BCUT2D eigenvalue weighted by Gasteiger charge is 2.22. The Labute approximate surface area is 126 Å². The average molecular weight is 320 g/mol. The molecule has 0 aliphatic carbocycles. The molecule has 0 aliphatic heterocycles. The van der Waals surface area contributed by atoms with Crippen molar-refractivity contribution in [2.45, 2.75) is 4.90 Å². The molecule has 0 aliphatic rings. The van der Waals surface area contributed by atoms with E-state index in [9.17, 15) is 13.2 Å². The number of benzene rings is 1. The van der Waals surface area contributed by atoms with E-state index in [-0.39, 0.29) is 21.8 Å². The summed E-state index contributed by atoms with van der Waals surface area (Å²) in [6.45, 7) is 0. The maximum atomic E-state index is 11.9. The van der Waals surface area contributed by atoms with Gasteiger partial charge in [0, 0.05) is 11.9 Å². The number of esters is 1. The number of primary sulfonamides is 1. The van der Waals surface area contributed by atoms with Crippen LogP contribution in [-0.2, 0) is 14.8 Å². The number of carbonyl (C=O) groups is 1. The lowest BCUT2D eigenvalue weighted by Gasteiger charge is -2.09. The molecule has 0 atom stereocenters. The molecule has 0 saturated heterocycles. The van der Waals surface area contributed by atoms with Crippen LogP contribution < -0.4 is 10.9 Å². The van der Waals surface area contributed by atoms with E-state index in [1.807, 2.05) is 6.07 Å². The number of rotatable bonds is 3. The molecule has 0 fully saturated rings. The molecule has 0 unspecified atom stereocenters. The minimum atomic E-state index is -3.91. The molecule has 22 heavy (non-hydrogen) atoms. The molecule has 4 N–H and O–H groups in total. The zero-order valence-electron chi connectivity index (χ0n) is 11.5. The number of aromatic nitrogens is 1. The fraction of sp³-hybridized carbons (Fsp3) is 0.0769. The van der Waals surface area contributed by atoms with Crippen LogP contribution in [0.5, 0.6) is 0 Å². The number of nitrogens with zero attached hydrogens (tertiary/aromatic N) is 2. The molecule has 1 heterocycles. The third-order valence-electron chi connectivity index (χ3n) is 2.97. The number of carbonyl (C=O) groups excluding carboxylic acids is 1. The van der Waals surface area contributed by atoms with Gasteiger partial charge < -0.3 is 15.0 Å². The number of anilines is 1. The van der Waals surface area contributed by atoms with Crippen molar-refractivity contribution in [2.75, 3.05) is 12.8 Å². The van der Waals surface area contributed by atoms with E-state index in [2.05, 4.69) is 4.74 Å². The van der Waals surface area contributed by atoms with Crippen LogP contribution in [0.15, 0.2) is 35.4 Å². The minimum absolute atomic E-state index is 0.0460. The van der Waals surface area contributed by atoms with Crippen molar-refractivity contribution in [1.29, 1.82) is 5.26 Å². The van der Waals surface area contributed by atoms with Gasteiger partial charge in [0.05, 0.1) is 23.3 Å². The van der Waals surface area contributed by atoms with Crippen LogP contribution in [0.3, 0.4) is 0 Å². The summed E-state index contributed by atoms with van der Waals surface area (Å²) in [6, 6.07) is 7.43. The number of methoxy groups -OCH3 is 1. The monoisotopic (exact) mass is 320 g/mol. The van der Waals surface area contributed by atoms with Crippen LogP contribution >= 0.6 is 0 Å². The van der Waals surface area contributed by atoms with Crippen LogP contribution in [0.1, 0.15) is 16.1 Å². The van der Waals surface area contributed by atoms with Gasteiger partial charge in [-0.05, 0) is 18.2 Å². The Morgan fingerprint density at radius 2 is 2.09 bits per heavy atom. The van der Waals surface area contributed by atoms with E-state index in [0.717, 1.165) is 0 Å². The van der Waals surface area contributed by atoms with Crippen LogP contribution in [0, 0.1) is 11.3 Å². The zero-order valence-corrected chi connectivity index (χ0v) is 12.3. The molecular formula is C13H12N4O4S. The average Bonchev–Trinajstić information content (AvgIpc) is 2.82. The topological polar surface area (TPSA) is 141 Å². The Kier molecular flexibility index (Phi) is 3.90. The molecule has 114 valence electrons. The highest BCUT2D eigenvalue weighted by Crippen LogP contribution is 2.25. The van der Waals surface area contributed by atoms with Gasteiger partial charge in [-0.2, -0.15) is 5.26 Å². The lowest BCUT2D eigenvalue weighted by atomic mass is 10.2. The van der Waals surface area contributed by atoms with Gasteiger partial charge in [0.25, 0.3) is 0 Å². The third-order valence-corrected chi connectivity index (χ3v) is 3.88. The predicted octanol–water partition coefficient (Wildman–Crippen LogP) is 0.365. The normalized spacial score (nSPS) is 11.0. The summed E-state index contributed by atoms with van der Waals surface area (Å²) in [7, 11) is -2.73. The predicted molar refractivity (Wildman–Crippen MR) is 77.6 cm³/mol. The molecule has 1 aromatic heterocycles. The number of nitriles is 1. The summed E-state index contributed by atoms with van der Waals surface area (Å²) in [4.78, 5) is 11.7. The van der Waals surface area contributed by atoms with Crippen LogP contribution in [0.4, 0.5) is 5.69 Å². The molecule has 0 radical (unpaired) electrons. The Morgan fingerprint density at radius 1 is 1.41 bits per heavy atom. The van der Waals surface area contributed by atoms with Gasteiger partial charge in [0.15, 0.2) is 5.69 Å². The molecule has 0 spiro atoms. The highest BCUT2D eigenvalue weighted by atomic mass is 32.2. The number of hydrogen-bond donors (Lipinski definition) is 2. The number of ether oxygens (including phenoxy) is 1. The summed E-state index contributed by atoms with van der Waals surface area (Å²) in [5.74, 6) is -0.750. The second kappa shape index (κ2) is 5.51. The van der Waals surface area contributed by atoms with Crippen molar-refractivity contribution in [3.05, 3.63) is 41.7 Å². The van der Waals surface area contributed by atoms with Gasteiger partial charge in [-0.15, -0.1) is 0 Å². The van der Waals surface area contributed by atoms with Crippen molar-refractivity contribution in [1.82, 2.24) is 4.57 Å². The van der Waals surface area contributed by atoms with Crippen molar-refractivity contribution in [3.8, 4) is 11.8 Å². The van der Waals surface area contributed by atoms with Gasteiger partial charge in [0.2, 0.25) is 10.0 Å². The first-order valence-corrected chi connectivity index (χ1v) is 7.46. The standard InChI is InChI=1S/C13H12N4O4S/c1-21-13(18)12-11(15)8(6-14)7-17(12)9-3-2-4-10(5-9)22(16,19)20/h2-5,7H,15H2,1H3,(H2,16,19,20). The molecule has 0 saturated carbocycles. The smallest absolute Gasteiger partial charge is 0.357 e. The number of sulfonamides is 1. The van der Waals surface area contributed by atoms with Gasteiger partial charge in [0.1, 0.15) is 6.07 Å². The molecule has 1 aromatic carbocycles. The Bertz CT molecular complexity index is 893. The number of nitrogen functional groups attached to an aromatic ring is 1. The Morgan fingerprint density at radius 3 is 2.64 bits per heavy atom. The SMILES string of the molecule is COC(=O)c1c(N)c(C#N)cn1-c1cccc(S(N)(=O)=O)c1. The third kappa shape index (κ3) is 2.65. The van der Waals surface area contributed by atoms with Crippen LogP contribution in [0.25, 0.3) is 5.69 Å². The van der Waals surface area contributed by atoms with Gasteiger partial charge >= 0.3 is 5.97 Å².